The van der Waals surface area contributed by atoms with Crippen LogP contribution in [0, 0.1) is 0 Å². The summed E-state index contributed by atoms with van der Waals surface area (Å²) in [5, 5.41) is 11.2. The zero-order valence-electron chi connectivity index (χ0n) is 16.2. The molecular weight excluding hydrogens is 340 g/mol. The van der Waals surface area contributed by atoms with Gasteiger partial charge in [0.05, 0.1) is 0 Å². The standard InChI is InChI=1S/C21H26N4O2/c1-13(2)22-9-10-25-20-7-5-16(23-14(3)26)11-18(20)19-12-17(24-15(4)27)6-8-21(19)25/h5-8,11-13,22H,9-10H2,1-4H3,(H,23,26)(H,24,27). The number of hydrogen-bond acceptors (Lipinski definition) is 3. The molecule has 0 saturated heterocycles. The zero-order valence-corrected chi connectivity index (χ0v) is 16.2. The molecule has 27 heavy (non-hydrogen) atoms. The molecule has 0 bridgehead atoms. The van der Waals surface area contributed by atoms with Gasteiger partial charge >= 0.3 is 0 Å². The van der Waals surface area contributed by atoms with E-state index in [1.165, 1.54) is 13.8 Å². The van der Waals surface area contributed by atoms with Gasteiger partial charge in [-0.15, -0.1) is 0 Å². The Bertz CT molecular complexity index is 931. The minimum atomic E-state index is -0.0989. The maximum atomic E-state index is 11.4. The van der Waals surface area contributed by atoms with Crippen LogP contribution < -0.4 is 16.0 Å². The van der Waals surface area contributed by atoms with Gasteiger partial charge in [-0.25, -0.2) is 0 Å². The van der Waals surface area contributed by atoms with Crippen LogP contribution >= 0.6 is 0 Å². The summed E-state index contributed by atoms with van der Waals surface area (Å²) in [6.07, 6.45) is 0. The summed E-state index contributed by atoms with van der Waals surface area (Å²) in [6.45, 7) is 8.95. The quantitative estimate of drug-likeness (QED) is 0.622. The number of aromatic nitrogens is 1. The first-order valence-corrected chi connectivity index (χ1v) is 9.19. The normalized spacial score (nSPS) is 11.3. The van der Waals surface area contributed by atoms with Gasteiger partial charge in [0.2, 0.25) is 11.8 Å². The SMILES string of the molecule is CC(=O)Nc1ccc2c(c1)c1cc(NC(C)=O)ccc1n2CCNC(C)C. The van der Waals surface area contributed by atoms with E-state index in [2.05, 4.69) is 34.4 Å². The van der Waals surface area contributed by atoms with Crippen LogP contribution in [0.1, 0.15) is 27.7 Å². The smallest absolute Gasteiger partial charge is 0.221 e. The molecule has 0 radical (unpaired) electrons. The minimum Gasteiger partial charge on any atom is -0.339 e. The lowest BCUT2D eigenvalue weighted by Crippen LogP contribution is -2.26. The second-order valence-corrected chi connectivity index (χ2v) is 7.09. The van der Waals surface area contributed by atoms with Crippen LogP contribution in [-0.4, -0.2) is 29.0 Å². The third-order valence-corrected chi connectivity index (χ3v) is 4.39. The van der Waals surface area contributed by atoms with E-state index < -0.39 is 0 Å². The Labute approximate surface area is 158 Å². The van der Waals surface area contributed by atoms with Crippen LogP contribution in [0.2, 0.25) is 0 Å². The highest BCUT2D eigenvalue weighted by molar-refractivity contribution is 6.11. The van der Waals surface area contributed by atoms with Gasteiger partial charge in [0.25, 0.3) is 0 Å². The monoisotopic (exact) mass is 366 g/mol. The molecular formula is C21H26N4O2. The van der Waals surface area contributed by atoms with Crippen LogP contribution in [0.4, 0.5) is 11.4 Å². The Morgan fingerprint density at radius 2 is 1.37 bits per heavy atom. The molecule has 3 N–H and O–H groups in total. The molecule has 6 heteroatoms. The van der Waals surface area contributed by atoms with Gasteiger partial charge in [0.1, 0.15) is 0 Å². The number of benzene rings is 2. The summed E-state index contributed by atoms with van der Waals surface area (Å²) in [5.74, 6) is -0.198. The van der Waals surface area contributed by atoms with Gasteiger partial charge in [-0.05, 0) is 36.4 Å². The maximum absolute atomic E-state index is 11.4. The first-order chi connectivity index (χ1) is 12.8. The summed E-state index contributed by atoms with van der Waals surface area (Å²) < 4.78 is 2.27. The molecule has 0 saturated carbocycles. The number of nitrogens with one attached hydrogen (secondary N) is 3. The highest BCUT2D eigenvalue weighted by Gasteiger charge is 2.13. The van der Waals surface area contributed by atoms with Crippen molar-refractivity contribution in [3.63, 3.8) is 0 Å². The molecule has 0 aliphatic heterocycles. The Morgan fingerprint density at radius 1 is 0.889 bits per heavy atom. The van der Waals surface area contributed by atoms with Crippen molar-refractivity contribution in [1.82, 2.24) is 9.88 Å². The molecule has 6 nitrogen and oxygen atoms in total. The minimum absolute atomic E-state index is 0.0989. The molecule has 0 aliphatic carbocycles. The fourth-order valence-electron chi connectivity index (χ4n) is 3.37. The summed E-state index contributed by atoms with van der Waals surface area (Å²) >= 11 is 0. The number of rotatable bonds is 6. The molecule has 0 aliphatic rings. The van der Waals surface area contributed by atoms with Crippen LogP contribution in [0.25, 0.3) is 21.8 Å². The molecule has 0 spiro atoms. The van der Waals surface area contributed by atoms with Crippen molar-refractivity contribution in [3.8, 4) is 0 Å². The molecule has 142 valence electrons. The van der Waals surface area contributed by atoms with E-state index in [-0.39, 0.29) is 11.8 Å². The number of anilines is 2. The lowest BCUT2D eigenvalue weighted by molar-refractivity contribution is -0.115. The molecule has 1 aromatic heterocycles. The predicted molar refractivity (Wildman–Crippen MR) is 111 cm³/mol. The average Bonchev–Trinajstić information content (AvgIpc) is 2.87. The molecule has 3 aromatic rings. The van der Waals surface area contributed by atoms with Crippen molar-refractivity contribution in [2.45, 2.75) is 40.3 Å². The Kier molecular flexibility index (Phi) is 5.46. The van der Waals surface area contributed by atoms with Gasteiger partial charge in [-0.3, -0.25) is 9.59 Å². The second-order valence-electron chi connectivity index (χ2n) is 7.09. The molecule has 0 fully saturated rings. The number of carbonyl (C=O) groups excluding carboxylic acids is 2. The van der Waals surface area contributed by atoms with E-state index in [1.807, 2.05) is 36.4 Å². The fraction of sp³-hybridized carbons (Fsp3) is 0.333. The van der Waals surface area contributed by atoms with Crippen molar-refractivity contribution in [3.05, 3.63) is 36.4 Å². The Hall–Kier alpha value is -2.86. The van der Waals surface area contributed by atoms with E-state index in [4.69, 9.17) is 0 Å². The van der Waals surface area contributed by atoms with E-state index in [0.29, 0.717) is 6.04 Å². The van der Waals surface area contributed by atoms with Crippen molar-refractivity contribution >= 4 is 45.0 Å². The third kappa shape index (κ3) is 4.28. The van der Waals surface area contributed by atoms with Gasteiger partial charge in [-0.1, -0.05) is 13.8 Å². The van der Waals surface area contributed by atoms with Crippen molar-refractivity contribution in [2.24, 2.45) is 0 Å². The van der Waals surface area contributed by atoms with Crippen molar-refractivity contribution in [1.29, 1.82) is 0 Å². The van der Waals surface area contributed by atoms with Gasteiger partial charge in [0, 0.05) is 66.2 Å². The average molecular weight is 366 g/mol. The summed E-state index contributed by atoms with van der Waals surface area (Å²) in [7, 11) is 0. The van der Waals surface area contributed by atoms with E-state index in [9.17, 15) is 9.59 Å². The maximum Gasteiger partial charge on any atom is 0.221 e. The largest absolute Gasteiger partial charge is 0.339 e. The lowest BCUT2D eigenvalue weighted by atomic mass is 10.1. The topological polar surface area (TPSA) is 75.2 Å². The number of amides is 2. The zero-order chi connectivity index (χ0) is 19.6. The summed E-state index contributed by atoms with van der Waals surface area (Å²) in [5.41, 5.74) is 3.73. The molecule has 2 aromatic carbocycles. The van der Waals surface area contributed by atoms with E-state index in [0.717, 1.165) is 46.3 Å². The van der Waals surface area contributed by atoms with Crippen molar-refractivity contribution < 1.29 is 9.59 Å². The van der Waals surface area contributed by atoms with Gasteiger partial charge in [-0.2, -0.15) is 0 Å². The number of nitrogens with zero attached hydrogens (tertiary/aromatic N) is 1. The van der Waals surface area contributed by atoms with E-state index in [1.54, 1.807) is 0 Å². The molecule has 1 heterocycles. The van der Waals surface area contributed by atoms with Crippen LogP contribution in [0.3, 0.4) is 0 Å². The molecule has 3 rings (SSSR count). The Balaban J connectivity index is 2.13. The van der Waals surface area contributed by atoms with Gasteiger partial charge < -0.3 is 20.5 Å². The highest BCUT2D eigenvalue weighted by Crippen LogP contribution is 2.33. The number of fused-ring (bicyclic) bond motifs is 3. The first kappa shape index (κ1) is 18.9. The second kappa shape index (κ2) is 7.80. The number of carbonyl (C=O) groups is 2. The summed E-state index contributed by atoms with van der Waals surface area (Å²) in [4.78, 5) is 22.9. The predicted octanol–water partition coefficient (Wildman–Crippen LogP) is 3.71. The van der Waals surface area contributed by atoms with Crippen LogP contribution in [0.5, 0.6) is 0 Å². The third-order valence-electron chi connectivity index (χ3n) is 4.39. The van der Waals surface area contributed by atoms with Gasteiger partial charge in [0.15, 0.2) is 0 Å². The Morgan fingerprint density at radius 3 is 1.78 bits per heavy atom. The van der Waals surface area contributed by atoms with Crippen molar-refractivity contribution in [2.75, 3.05) is 17.2 Å². The fourth-order valence-corrected chi connectivity index (χ4v) is 3.37. The highest BCUT2D eigenvalue weighted by atomic mass is 16.2. The van der Waals surface area contributed by atoms with Crippen LogP contribution in [-0.2, 0) is 16.1 Å². The first-order valence-electron chi connectivity index (χ1n) is 9.19. The van der Waals surface area contributed by atoms with Crippen LogP contribution in [0.15, 0.2) is 36.4 Å². The number of hydrogen-bond donors (Lipinski definition) is 3. The molecule has 0 unspecified atom stereocenters. The summed E-state index contributed by atoms with van der Waals surface area (Å²) in [6, 6.07) is 12.3. The molecule has 0 atom stereocenters. The molecule has 2 amide bonds. The van der Waals surface area contributed by atoms with E-state index >= 15 is 0 Å². The lowest BCUT2D eigenvalue weighted by Gasteiger charge is -2.11.